The number of likely N-dealkylation sites (tertiary alicyclic amines) is 2. The predicted octanol–water partition coefficient (Wildman–Crippen LogP) is 2.13. The fourth-order valence-corrected chi connectivity index (χ4v) is 4.26. The van der Waals surface area contributed by atoms with E-state index in [0.717, 1.165) is 38.9 Å². The second kappa shape index (κ2) is 7.75. The van der Waals surface area contributed by atoms with Gasteiger partial charge in [-0.05, 0) is 31.4 Å². The van der Waals surface area contributed by atoms with Crippen LogP contribution in [0.2, 0.25) is 0 Å². The highest BCUT2D eigenvalue weighted by Gasteiger charge is 2.50. The van der Waals surface area contributed by atoms with Crippen molar-refractivity contribution in [2.24, 2.45) is 5.41 Å². The fourth-order valence-electron chi connectivity index (χ4n) is 4.26. The molecule has 1 amide bonds. The van der Waals surface area contributed by atoms with Gasteiger partial charge >= 0.3 is 5.97 Å². The van der Waals surface area contributed by atoms with Crippen LogP contribution in [0.3, 0.4) is 0 Å². The first kappa shape index (κ1) is 18.7. The topological polar surface area (TPSA) is 75.9 Å². The number of hydrogen-bond acceptors (Lipinski definition) is 6. The minimum Gasteiger partial charge on any atom is -0.464 e. The van der Waals surface area contributed by atoms with Crippen LogP contribution in [0.4, 0.5) is 0 Å². The van der Waals surface area contributed by atoms with Gasteiger partial charge < -0.3 is 14.1 Å². The Hall–Kier alpha value is -2.67. The van der Waals surface area contributed by atoms with Crippen LogP contribution in [0.1, 0.15) is 34.8 Å². The number of rotatable bonds is 6. The van der Waals surface area contributed by atoms with Crippen LogP contribution in [0.15, 0.2) is 41.0 Å². The van der Waals surface area contributed by atoms with Crippen molar-refractivity contribution >= 4 is 11.9 Å². The number of amides is 1. The van der Waals surface area contributed by atoms with Gasteiger partial charge in [0.15, 0.2) is 5.69 Å². The summed E-state index contributed by atoms with van der Waals surface area (Å²) >= 11 is 0. The molecule has 2 aromatic rings. The highest BCUT2D eigenvalue weighted by Crippen LogP contribution is 2.41. The molecule has 1 spiro atoms. The van der Waals surface area contributed by atoms with Gasteiger partial charge in [-0.1, -0.05) is 30.3 Å². The molecule has 1 atom stereocenters. The maximum absolute atomic E-state index is 13.1. The average Bonchev–Trinajstić information content (AvgIpc) is 3.43. The highest BCUT2D eigenvalue weighted by atomic mass is 16.5. The van der Waals surface area contributed by atoms with Crippen LogP contribution in [-0.2, 0) is 22.5 Å². The van der Waals surface area contributed by atoms with E-state index in [1.165, 1.54) is 18.9 Å². The van der Waals surface area contributed by atoms with E-state index < -0.39 is 5.97 Å². The first-order valence-corrected chi connectivity index (χ1v) is 9.68. The first-order valence-electron chi connectivity index (χ1n) is 9.68. The van der Waals surface area contributed by atoms with Crippen LogP contribution in [-0.4, -0.2) is 59.9 Å². The molecule has 2 saturated heterocycles. The number of nitrogens with zero attached hydrogens (tertiary/aromatic N) is 3. The van der Waals surface area contributed by atoms with Gasteiger partial charge in [-0.15, -0.1) is 0 Å². The molecule has 3 heterocycles. The number of esters is 1. The normalized spacial score (nSPS) is 22.3. The van der Waals surface area contributed by atoms with Crippen LogP contribution in [0.5, 0.6) is 0 Å². The lowest BCUT2D eigenvalue weighted by Gasteiger charge is -2.23. The lowest BCUT2D eigenvalue weighted by Crippen LogP contribution is -2.37. The molecule has 0 saturated carbocycles. The van der Waals surface area contributed by atoms with Crippen LogP contribution in [0, 0.1) is 5.41 Å². The summed E-state index contributed by atoms with van der Waals surface area (Å²) in [5.41, 5.74) is 1.15. The van der Waals surface area contributed by atoms with Gasteiger partial charge in [-0.25, -0.2) is 9.78 Å². The molecule has 2 aliphatic rings. The molecular formula is C21H25N3O4. The van der Waals surface area contributed by atoms with E-state index in [4.69, 9.17) is 4.42 Å². The van der Waals surface area contributed by atoms with Crippen molar-refractivity contribution in [1.29, 1.82) is 0 Å². The zero-order chi connectivity index (χ0) is 19.6. The van der Waals surface area contributed by atoms with Gasteiger partial charge in [-0.2, -0.15) is 0 Å². The van der Waals surface area contributed by atoms with E-state index in [1.807, 2.05) is 23.1 Å². The summed E-state index contributed by atoms with van der Waals surface area (Å²) in [4.78, 5) is 33.0. The Morgan fingerprint density at radius 3 is 2.82 bits per heavy atom. The molecule has 1 aromatic carbocycles. The second-order valence-electron chi connectivity index (χ2n) is 7.64. The van der Waals surface area contributed by atoms with Crippen molar-refractivity contribution in [3.63, 3.8) is 0 Å². The van der Waals surface area contributed by atoms with Crippen molar-refractivity contribution in [3.05, 3.63) is 53.7 Å². The minimum absolute atomic E-state index is 0.176. The third kappa shape index (κ3) is 3.67. The molecule has 1 aromatic heterocycles. The Morgan fingerprint density at radius 1 is 1.25 bits per heavy atom. The summed E-state index contributed by atoms with van der Waals surface area (Å²) < 4.78 is 10.0. The second-order valence-corrected chi connectivity index (χ2v) is 7.64. The molecule has 148 valence electrons. The molecule has 1 unspecified atom stereocenters. The molecule has 2 fully saturated rings. The number of carbonyl (C=O) groups is 2. The summed E-state index contributed by atoms with van der Waals surface area (Å²) in [6, 6.07) is 10.3. The standard InChI is InChI=1S/C21H25N3O4/c1-27-19(25)17-14-28-18(22-17)13-23-11-8-21(15-23)9-12-24(20(21)26)10-7-16-5-3-2-4-6-16/h2-6,14H,7-13,15H2,1H3. The molecule has 0 radical (unpaired) electrons. The smallest absolute Gasteiger partial charge is 0.360 e. The van der Waals surface area contributed by atoms with E-state index in [0.29, 0.717) is 19.0 Å². The fraction of sp³-hybridized carbons (Fsp3) is 0.476. The third-order valence-electron chi connectivity index (χ3n) is 5.85. The Bertz CT molecular complexity index is 850. The van der Waals surface area contributed by atoms with Crippen molar-refractivity contribution in [2.45, 2.75) is 25.8 Å². The number of carbonyl (C=O) groups excluding carboxylic acids is 2. The van der Waals surface area contributed by atoms with Gasteiger partial charge in [-0.3, -0.25) is 9.69 Å². The van der Waals surface area contributed by atoms with E-state index in [2.05, 4.69) is 26.8 Å². The van der Waals surface area contributed by atoms with Crippen molar-refractivity contribution in [3.8, 4) is 0 Å². The number of oxazole rings is 1. The van der Waals surface area contributed by atoms with E-state index in [1.54, 1.807) is 0 Å². The molecule has 7 heteroatoms. The largest absolute Gasteiger partial charge is 0.464 e. The minimum atomic E-state index is -0.507. The van der Waals surface area contributed by atoms with Gasteiger partial charge in [0.25, 0.3) is 0 Å². The van der Waals surface area contributed by atoms with Crippen LogP contribution in [0.25, 0.3) is 0 Å². The van der Waals surface area contributed by atoms with Gasteiger partial charge in [0.05, 0.1) is 19.1 Å². The molecule has 0 aliphatic carbocycles. The quantitative estimate of drug-likeness (QED) is 0.712. The van der Waals surface area contributed by atoms with Crippen molar-refractivity contribution in [1.82, 2.24) is 14.8 Å². The zero-order valence-electron chi connectivity index (χ0n) is 16.1. The number of methoxy groups -OCH3 is 1. The molecule has 0 N–H and O–H groups in total. The molecule has 4 rings (SSSR count). The van der Waals surface area contributed by atoms with E-state index in [9.17, 15) is 9.59 Å². The third-order valence-corrected chi connectivity index (χ3v) is 5.85. The summed E-state index contributed by atoms with van der Waals surface area (Å²) in [5.74, 6) is 0.241. The zero-order valence-corrected chi connectivity index (χ0v) is 16.1. The Balaban J connectivity index is 1.33. The lowest BCUT2D eigenvalue weighted by atomic mass is 9.85. The highest BCUT2D eigenvalue weighted by molar-refractivity contribution is 5.86. The van der Waals surface area contributed by atoms with Crippen LogP contribution >= 0.6 is 0 Å². The number of aromatic nitrogens is 1. The summed E-state index contributed by atoms with van der Waals surface area (Å²) in [7, 11) is 1.32. The van der Waals surface area contributed by atoms with Crippen molar-refractivity contribution in [2.75, 3.05) is 33.3 Å². The predicted molar refractivity (Wildman–Crippen MR) is 102 cm³/mol. The summed E-state index contributed by atoms with van der Waals surface area (Å²) in [6.45, 7) is 3.63. The molecule has 28 heavy (non-hydrogen) atoms. The monoisotopic (exact) mass is 383 g/mol. The lowest BCUT2D eigenvalue weighted by molar-refractivity contribution is -0.135. The SMILES string of the molecule is COC(=O)c1coc(CN2CCC3(CCN(CCc4ccccc4)C3=O)C2)n1. The first-order chi connectivity index (χ1) is 13.6. The number of ether oxygens (including phenoxy) is 1. The summed E-state index contributed by atoms with van der Waals surface area (Å²) in [6.07, 6.45) is 3.96. The Labute approximate surface area is 164 Å². The number of benzene rings is 1. The summed E-state index contributed by atoms with van der Waals surface area (Å²) in [5, 5.41) is 0. The molecular weight excluding hydrogens is 358 g/mol. The van der Waals surface area contributed by atoms with Gasteiger partial charge in [0.1, 0.15) is 6.26 Å². The maximum Gasteiger partial charge on any atom is 0.360 e. The van der Waals surface area contributed by atoms with E-state index in [-0.39, 0.29) is 17.0 Å². The molecule has 7 nitrogen and oxygen atoms in total. The maximum atomic E-state index is 13.1. The van der Waals surface area contributed by atoms with Gasteiger partial charge in [0.2, 0.25) is 11.8 Å². The Morgan fingerprint density at radius 2 is 2.04 bits per heavy atom. The average molecular weight is 383 g/mol. The molecule has 2 aliphatic heterocycles. The van der Waals surface area contributed by atoms with Gasteiger partial charge in [0, 0.05) is 19.6 Å². The molecule has 0 bridgehead atoms. The van der Waals surface area contributed by atoms with Crippen molar-refractivity contribution < 1.29 is 18.7 Å². The van der Waals surface area contributed by atoms with E-state index >= 15 is 0 Å². The van der Waals surface area contributed by atoms with Crippen LogP contribution < -0.4 is 0 Å². The Kier molecular flexibility index (Phi) is 5.17. The number of hydrogen-bond donors (Lipinski definition) is 0.